The minimum Gasteiger partial charge on any atom is -0.312 e. The summed E-state index contributed by atoms with van der Waals surface area (Å²) in [5.74, 6) is 0.0866. The van der Waals surface area contributed by atoms with E-state index >= 15 is 0 Å². The fraction of sp³-hybridized carbons (Fsp3) is 0.333. The van der Waals surface area contributed by atoms with E-state index in [0.717, 1.165) is 17.8 Å². The second-order valence-electron chi connectivity index (χ2n) is 6.07. The first-order valence-corrected chi connectivity index (χ1v) is 9.76. The molecule has 132 valence electrons. The number of aryl methyl sites for hydroxylation is 1. The SMILES string of the molecule is Cc1cc(N2CCCC2=O)ccc1S(=O)(=O)NCCc1ccccn1. The third-order valence-electron chi connectivity index (χ3n) is 4.23. The minimum absolute atomic E-state index is 0.0866. The number of carbonyl (C=O) groups is 1. The van der Waals surface area contributed by atoms with E-state index in [4.69, 9.17) is 0 Å². The number of anilines is 1. The van der Waals surface area contributed by atoms with Crippen LogP contribution in [0.15, 0.2) is 47.5 Å². The molecule has 1 saturated heterocycles. The average molecular weight is 359 g/mol. The Hall–Kier alpha value is -2.25. The van der Waals surface area contributed by atoms with Crippen LogP contribution in [0.1, 0.15) is 24.1 Å². The molecule has 0 bridgehead atoms. The Morgan fingerprint density at radius 3 is 2.72 bits per heavy atom. The monoisotopic (exact) mass is 359 g/mol. The molecule has 0 saturated carbocycles. The van der Waals surface area contributed by atoms with E-state index in [9.17, 15) is 13.2 Å². The van der Waals surface area contributed by atoms with Crippen molar-refractivity contribution < 1.29 is 13.2 Å². The van der Waals surface area contributed by atoms with Crippen LogP contribution >= 0.6 is 0 Å². The number of carbonyl (C=O) groups excluding carboxylic acids is 1. The second-order valence-corrected chi connectivity index (χ2v) is 7.80. The molecule has 1 aliphatic rings. The van der Waals surface area contributed by atoms with Gasteiger partial charge in [0.15, 0.2) is 0 Å². The molecule has 0 atom stereocenters. The summed E-state index contributed by atoms with van der Waals surface area (Å²) in [5.41, 5.74) is 2.22. The van der Waals surface area contributed by atoms with E-state index in [1.54, 1.807) is 36.2 Å². The maximum absolute atomic E-state index is 12.5. The number of amides is 1. The predicted molar refractivity (Wildman–Crippen MR) is 95.9 cm³/mol. The molecule has 2 aromatic rings. The molecule has 6 nitrogen and oxygen atoms in total. The molecule has 2 heterocycles. The first-order valence-electron chi connectivity index (χ1n) is 8.28. The molecule has 0 unspecified atom stereocenters. The molecule has 1 aromatic carbocycles. The highest BCUT2D eigenvalue weighted by Gasteiger charge is 2.23. The van der Waals surface area contributed by atoms with Gasteiger partial charge in [0.2, 0.25) is 15.9 Å². The van der Waals surface area contributed by atoms with Crippen LogP contribution in [0, 0.1) is 6.92 Å². The molecule has 7 heteroatoms. The van der Waals surface area contributed by atoms with Gasteiger partial charge in [-0.1, -0.05) is 6.07 Å². The van der Waals surface area contributed by atoms with Gasteiger partial charge in [0.05, 0.1) is 4.90 Å². The Balaban J connectivity index is 1.70. The van der Waals surface area contributed by atoms with E-state index in [2.05, 4.69) is 9.71 Å². The van der Waals surface area contributed by atoms with Gasteiger partial charge in [-0.2, -0.15) is 0 Å². The predicted octanol–water partition coefficient (Wildman–Crippen LogP) is 2.04. The number of benzene rings is 1. The van der Waals surface area contributed by atoms with Crippen LogP contribution < -0.4 is 9.62 Å². The summed E-state index contributed by atoms with van der Waals surface area (Å²) in [6.07, 6.45) is 3.60. The molecule has 0 aliphatic carbocycles. The Bertz CT molecular complexity index is 866. The molecule has 25 heavy (non-hydrogen) atoms. The van der Waals surface area contributed by atoms with Gasteiger partial charge in [0, 0.05) is 43.5 Å². The number of hydrogen-bond acceptors (Lipinski definition) is 4. The summed E-state index contributed by atoms with van der Waals surface area (Å²) in [6, 6.07) is 10.6. The Kier molecular flexibility index (Phi) is 5.15. The second kappa shape index (κ2) is 7.33. The smallest absolute Gasteiger partial charge is 0.240 e. The maximum Gasteiger partial charge on any atom is 0.240 e. The van der Waals surface area contributed by atoms with Gasteiger partial charge in [-0.15, -0.1) is 0 Å². The molecule has 1 aliphatic heterocycles. The highest BCUT2D eigenvalue weighted by molar-refractivity contribution is 7.89. The largest absolute Gasteiger partial charge is 0.312 e. The van der Waals surface area contributed by atoms with Gasteiger partial charge in [-0.05, 0) is 49.2 Å². The van der Waals surface area contributed by atoms with Crippen LogP contribution in [0.3, 0.4) is 0 Å². The van der Waals surface area contributed by atoms with Crippen LogP contribution in [0.4, 0.5) is 5.69 Å². The van der Waals surface area contributed by atoms with Gasteiger partial charge in [0.1, 0.15) is 0 Å². The molecular formula is C18H21N3O3S. The Morgan fingerprint density at radius 2 is 2.08 bits per heavy atom. The number of hydrogen-bond donors (Lipinski definition) is 1. The van der Waals surface area contributed by atoms with Crippen LogP contribution in [-0.4, -0.2) is 32.4 Å². The number of sulfonamides is 1. The number of nitrogens with one attached hydrogen (secondary N) is 1. The zero-order valence-electron chi connectivity index (χ0n) is 14.1. The van der Waals surface area contributed by atoms with Gasteiger partial charge in [-0.25, -0.2) is 13.1 Å². The third kappa shape index (κ3) is 4.05. The normalized spacial score (nSPS) is 14.9. The highest BCUT2D eigenvalue weighted by atomic mass is 32.2. The molecule has 1 amide bonds. The van der Waals surface area contributed by atoms with E-state index in [1.807, 2.05) is 18.2 Å². The van der Waals surface area contributed by atoms with Crippen LogP contribution in [0.2, 0.25) is 0 Å². The Morgan fingerprint density at radius 1 is 1.24 bits per heavy atom. The van der Waals surface area contributed by atoms with Crippen LogP contribution in [0.5, 0.6) is 0 Å². The van der Waals surface area contributed by atoms with Crippen molar-refractivity contribution in [3.05, 3.63) is 53.9 Å². The van der Waals surface area contributed by atoms with Gasteiger partial charge in [0.25, 0.3) is 0 Å². The molecule has 0 radical (unpaired) electrons. The summed E-state index contributed by atoms with van der Waals surface area (Å²) in [7, 11) is -3.60. The van der Waals surface area contributed by atoms with Crippen molar-refractivity contribution in [3.63, 3.8) is 0 Å². The average Bonchev–Trinajstić information content (AvgIpc) is 3.01. The zero-order valence-corrected chi connectivity index (χ0v) is 14.9. The quantitative estimate of drug-likeness (QED) is 0.856. The standard InChI is InChI=1S/C18H21N3O3S/c1-14-13-16(21-12-4-6-18(21)22)7-8-17(14)25(23,24)20-11-9-15-5-2-3-10-19-15/h2-3,5,7-8,10,13,20H,4,6,9,11-12H2,1H3. The summed E-state index contributed by atoms with van der Waals surface area (Å²) in [5, 5.41) is 0. The lowest BCUT2D eigenvalue weighted by Gasteiger charge is -2.17. The van der Waals surface area contributed by atoms with Crippen LogP contribution in [-0.2, 0) is 21.2 Å². The van der Waals surface area contributed by atoms with Crippen molar-refractivity contribution in [2.75, 3.05) is 18.0 Å². The third-order valence-corrected chi connectivity index (χ3v) is 5.85. The Labute approximate surface area is 147 Å². The lowest BCUT2D eigenvalue weighted by molar-refractivity contribution is -0.117. The summed E-state index contributed by atoms with van der Waals surface area (Å²) in [4.78, 5) is 18.0. The first kappa shape index (κ1) is 17.6. The van der Waals surface area contributed by atoms with E-state index in [1.165, 1.54) is 0 Å². The summed E-state index contributed by atoms with van der Waals surface area (Å²) >= 11 is 0. The topological polar surface area (TPSA) is 79.4 Å². The number of aromatic nitrogens is 1. The van der Waals surface area contributed by atoms with Crippen LogP contribution in [0.25, 0.3) is 0 Å². The fourth-order valence-electron chi connectivity index (χ4n) is 2.96. The van der Waals surface area contributed by atoms with Crippen molar-refractivity contribution in [1.82, 2.24) is 9.71 Å². The van der Waals surface area contributed by atoms with E-state index in [0.29, 0.717) is 24.9 Å². The lowest BCUT2D eigenvalue weighted by Crippen LogP contribution is -2.27. The van der Waals surface area contributed by atoms with Gasteiger partial charge >= 0.3 is 0 Å². The van der Waals surface area contributed by atoms with Crippen molar-refractivity contribution in [3.8, 4) is 0 Å². The minimum atomic E-state index is -3.60. The zero-order chi connectivity index (χ0) is 17.9. The molecule has 1 N–H and O–H groups in total. The number of rotatable bonds is 6. The molecule has 1 fully saturated rings. The number of pyridine rings is 1. The van der Waals surface area contributed by atoms with E-state index < -0.39 is 10.0 Å². The lowest BCUT2D eigenvalue weighted by atomic mass is 10.2. The maximum atomic E-state index is 12.5. The highest BCUT2D eigenvalue weighted by Crippen LogP contribution is 2.25. The van der Waals surface area contributed by atoms with Crippen molar-refractivity contribution >= 4 is 21.6 Å². The first-order chi connectivity index (χ1) is 12.0. The summed E-state index contributed by atoms with van der Waals surface area (Å²) in [6.45, 7) is 2.72. The molecule has 3 rings (SSSR count). The fourth-order valence-corrected chi connectivity index (χ4v) is 4.22. The van der Waals surface area contributed by atoms with Crippen molar-refractivity contribution in [1.29, 1.82) is 0 Å². The van der Waals surface area contributed by atoms with Gasteiger partial charge in [-0.3, -0.25) is 9.78 Å². The summed E-state index contributed by atoms with van der Waals surface area (Å²) < 4.78 is 27.7. The molecular weight excluding hydrogens is 338 g/mol. The van der Waals surface area contributed by atoms with Crippen molar-refractivity contribution in [2.45, 2.75) is 31.1 Å². The van der Waals surface area contributed by atoms with Crippen molar-refractivity contribution in [2.24, 2.45) is 0 Å². The molecule has 0 spiro atoms. The van der Waals surface area contributed by atoms with E-state index in [-0.39, 0.29) is 17.3 Å². The number of nitrogens with zero attached hydrogens (tertiary/aromatic N) is 2. The molecule has 1 aromatic heterocycles. The van der Waals surface area contributed by atoms with Gasteiger partial charge < -0.3 is 4.90 Å².